The maximum absolute atomic E-state index is 14.0. The van der Waals surface area contributed by atoms with Crippen molar-refractivity contribution in [3.05, 3.63) is 69.0 Å². The van der Waals surface area contributed by atoms with Gasteiger partial charge in [0.05, 0.1) is 4.92 Å². The average Bonchev–Trinajstić information content (AvgIpc) is 2.46. The van der Waals surface area contributed by atoms with Crippen LogP contribution in [0.2, 0.25) is 0 Å². The lowest BCUT2D eigenvalue weighted by Gasteiger charge is -2.13. The number of hydrogen-bond donors (Lipinski definition) is 1. The van der Waals surface area contributed by atoms with Gasteiger partial charge in [0.15, 0.2) is 0 Å². The quantitative estimate of drug-likeness (QED) is 0.678. The Morgan fingerprint density at radius 3 is 2.57 bits per heavy atom. The molecule has 2 N–H and O–H groups in total. The van der Waals surface area contributed by atoms with Gasteiger partial charge >= 0.3 is 5.69 Å². The molecule has 0 fully saturated rings. The largest absolute Gasteiger partial charge is 0.488 e. The summed E-state index contributed by atoms with van der Waals surface area (Å²) < 4.78 is 19.6. The number of hydrogen-bond acceptors (Lipinski definition) is 4. The normalized spacial score (nSPS) is 10.4. The highest BCUT2D eigenvalue weighted by Crippen LogP contribution is 2.26. The first-order chi connectivity index (χ1) is 10.0. The summed E-state index contributed by atoms with van der Waals surface area (Å²) in [6.07, 6.45) is 0. The predicted octanol–water partition coefficient (Wildman–Crippen LogP) is 3.08. The number of nitro groups is 1. The van der Waals surface area contributed by atoms with Gasteiger partial charge in [-0.25, -0.2) is 0 Å². The molecular weight excluding hydrogens is 275 g/mol. The Labute approximate surface area is 121 Å². The molecule has 0 spiro atoms. The predicted molar refractivity (Wildman–Crippen MR) is 76.5 cm³/mol. The van der Waals surface area contributed by atoms with Gasteiger partial charge in [0, 0.05) is 23.7 Å². The lowest BCUT2D eigenvalue weighted by atomic mass is 10.1. The molecular formula is C15H15FN2O3. The summed E-state index contributed by atoms with van der Waals surface area (Å²) in [5.41, 5.74) is 6.90. The highest BCUT2D eigenvalue weighted by Gasteiger charge is 2.18. The number of nitrogens with two attached hydrogens (primary N) is 1. The van der Waals surface area contributed by atoms with Gasteiger partial charge in [0.1, 0.15) is 12.4 Å². The number of halogens is 1. The molecule has 0 aliphatic heterocycles. The van der Waals surface area contributed by atoms with Crippen LogP contribution in [0.25, 0.3) is 0 Å². The lowest BCUT2D eigenvalue weighted by Crippen LogP contribution is -2.06. The van der Waals surface area contributed by atoms with E-state index in [0.29, 0.717) is 12.3 Å². The Hall–Kier alpha value is -2.47. The van der Waals surface area contributed by atoms with Crippen molar-refractivity contribution in [3.63, 3.8) is 0 Å². The smallest absolute Gasteiger partial charge is 0.305 e. The number of aryl methyl sites for hydroxylation is 1. The van der Waals surface area contributed by atoms with Gasteiger partial charge in [-0.3, -0.25) is 10.1 Å². The van der Waals surface area contributed by atoms with Crippen LogP contribution in [0.1, 0.15) is 16.7 Å². The van der Waals surface area contributed by atoms with Crippen LogP contribution in [0.5, 0.6) is 5.75 Å². The standard InChI is InChI=1S/C15H15FN2O3/c1-10-4-2-5-11(8-17)15(10)21-9-12-6-3-7-13(14(12)16)18(19)20/h2-7H,8-9,17H2,1H3. The summed E-state index contributed by atoms with van der Waals surface area (Å²) >= 11 is 0. The van der Waals surface area contributed by atoms with E-state index in [0.717, 1.165) is 17.2 Å². The molecule has 0 unspecified atom stereocenters. The molecule has 2 aromatic rings. The van der Waals surface area contributed by atoms with Gasteiger partial charge in [0.25, 0.3) is 0 Å². The second kappa shape index (κ2) is 6.32. The molecule has 0 aliphatic rings. The minimum absolute atomic E-state index is 0.0919. The molecule has 2 aromatic carbocycles. The van der Waals surface area contributed by atoms with E-state index in [1.807, 2.05) is 25.1 Å². The maximum atomic E-state index is 14.0. The Balaban J connectivity index is 2.25. The number of benzene rings is 2. The molecule has 0 heterocycles. The highest BCUT2D eigenvalue weighted by molar-refractivity contribution is 5.41. The Morgan fingerprint density at radius 2 is 1.90 bits per heavy atom. The third-order valence-corrected chi connectivity index (χ3v) is 3.14. The van der Waals surface area contributed by atoms with Crippen LogP contribution in [0, 0.1) is 22.9 Å². The van der Waals surface area contributed by atoms with Gasteiger partial charge < -0.3 is 10.5 Å². The maximum Gasteiger partial charge on any atom is 0.305 e. The van der Waals surface area contributed by atoms with E-state index >= 15 is 0 Å². The molecule has 6 heteroatoms. The first-order valence-corrected chi connectivity index (χ1v) is 6.37. The average molecular weight is 290 g/mol. The first-order valence-electron chi connectivity index (χ1n) is 6.37. The van der Waals surface area contributed by atoms with Crippen LogP contribution in [-0.4, -0.2) is 4.92 Å². The van der Waals surface area contributed by atoms with Crippen LogP contribution in [0.4, 0.5) is 10.1 Å². The summed E-state index contributed by atoms with van der Waals surface area (Å²) in [6.45, 7) is 2.07. The summed E-state index contributed by atoms with van der Waals surface area (Å²) in [5.74, 6) is -0.281. The lowest BCUT2D eigenvalue weighted by molar-refractivity contribution is -0.387. The van der Waals surface area contributed by atoms with E-state index in [-0.39, 0.29) is 12.2 Å². The zero-order valence-corrected chi connectivity index (χ0v) is 11.5. The van der Waals surface area contributed by atoms with Crippen LogP contribution in [-0.2, 0) is 13.2 Å². The Morgan fingerprint density at radius 1 is 1.24 bits per heavy atom. The zero-order valence-electron chi connectivity index (χ0n) is 11.5. The summed E-state index contributed by atoms with van der Waals surface area (Å²) in [5, 5.41) is 10.7. The second-order valence-electron chi connectivity index (χ2n) is 4.56. The molecule has 0 amide bonds. The third-order valence-electron chi connectivity index (χ3n) is 3.14. The molecule has 21 heavy (non-hydrogen) atoms. The topological polar surface area (TPSA) is 78.4 Å². The van der Waals surface area contributed by atoms with Crippen LogP contribution < -0.4 is 10.5 Å². The van der Waals surface area contributed by atoms with Crippen molar-refractivity contribution < 1.29 is 14.1 Å². The van der Waals surface area contributed by atoms with E-state index in [9.17, 15) is 14.5 Å². The molecule has 0 bridgehead atoms. The van der Waals surface area contributed by atoms with Crippen molar-refractivity contribution in [2.45, 2.75) is 20.1 Å². The fourth-order valence-electron chi connectivity index (χ4n) is 2.05. The van der Waals surface area contributed by atoms with E-state index < -0.39 is 16.4 Å². The molecule has 5 nitrogen and oxygen atoms in total. The van der Waals surface area contributed by atoms with Gasteiger partial charge in [-0.1, -0.05) is 30.3 Å². The van der Waals surface area contributed by atoms with E-state index in [4.69, 9.17) is 10.5 Å². The minimum atomic E-state index is -0.870. The van der Waals surface area contributed by atoms with Crippen molar-refractivity contribution >= 4 is 5.69 Å². The Kier molecular flexibility index (Phi) is 4.49. The molecule has 0 radical (unpaired) electrons. The second-order valence-corrected chi connectivity index (χ2v) is 4.56. The molecule has 0 saturated heterocycles. The van der Waals surface area contributed by atoms with Crippen LogP contribution in [0.3, 0.4) is 0 Å². The summed E-state index contributed by atoms with van der Waals surface area (Å²) in [7, 11) is 0. The molecule has 2 rings (SSSR count). The number of nitrogens with zero attached hydrogens (tertiary/aromatic N) is 1. The van der Waals surface area contributed by atoms with Crippen molar-refractivity contribution in [1.29, 1.82) is 0 Å². The van der Waals surface area contributed by atoms with Crippen molar-refractivity contribution in [2.24, 2.45) is 5.73 Å². The minimum Gasteiger partial charge on any atom is -0.488 e. The third kappa shape index (κ3) is 3.17. The molecule has 0 atom stereocenters. The van der Waals surface area contributed by atoms with Gasteiger partial charge in [0.2, 0.25) is 5.82 Å². The van der Waals surface area contributed by atoms with Crippen molar-refractivity contribution in [3.8, 4) is 5.75 Å². The number of nitro benzene ring substituents is 1. The fraction of sp³-hybridized carbons (Fsp3) is 0.200. The van der Waals surface area contributed by atoms with E-state index in [2.05, 4.69) is 0 Å². The van der Waals surface area contributed by atoms with Gasteiger partial charge in [-0.15, -0.1) is 0 Å². The van der Waals surface area contributed by atoms with Gasteiger partial charge in [-0.05, 0) is 12.5 Å². The summed E-state index contributed by atoms with van der Waals surface area (Å²) in [6, 6.07) is 9.56. The monoisotopic (exact) mass is 290 g/mol. The van der Waals surface area contributed by atoms with Crippen molar-refractivity contribution in [1.82, 2.24) is 0 Å². The molecule has 0 saturated carbocycles. The highest BCUT2D eigenvalue weighted by atomic mass is 19.1. The SMILES string of the molecule is Cc1cccc(CN)c1OCc1cccc([N+](=O)[O-])c1F. The number of rotatable bonds is 5. The molecule has 0 aliphatic carbocycles. The van der Waals surface area contributed by atoms with E-state index in [1.165, 1.54) is 12.1 Å². The van der Waals surface area contributed by atoms with E-state index in [1.54, 1.807) is 0 Å². The molecule has 110 valence electrons. The van der Waals surface area contributed by atoms with Crippen molar-refractivity contribution in [2.75, 3.05) is 0 Å². The van der Waals surface area contributed by atoms with Crippen LogP contribution >= 0.6 is 0 Å². The van der Waals surface area contributed by atoms with Crippen LogP contribution in [0.15, 0.2) is 36.4 Å². The molecule has 0 aromatic heterocycles. The number of para-hydroxylation sites is 1. The van der Waals surface area contributed by atoms with Gasteiger partial charge in [-0.2, -0.15) is 4.39 Å². The summed E-state index contributed by atoms with van der Waals surface area (Å²) in [4.78, 5) is 9.96. The number of ether oxygens (including phenoxy) is 1. The zero-order chi connectivity index (χ0) is 15.4. The first kappa shape index (κ1) is 14.9. The fourth-order valence-corrected chi connectivity index (χ4v) is 2.05. The Bertz CT molecular complexity index is 674.